The summed E-state index contributed by atoms with van der Waals surface area (Å²) in [5.41, 5.74) is 8.25. The Morgan fingerprint density at radius 3 is 2.88 bits per heavy atom. The molecule has 1 aliphatic carbocycles. The molecule has 3 N–H and O–H groups in total. The molecule has 1 aromatic carbocycles. The molecule has 1 heterocycles. The van der Waals surface area contributed by atoms with Gasteiger partial charge in [-0.2, -0.15) is 0 Å². The summed E-state index contributed by atoms with van der Waals surface area (Å²) >= 11 is 1.62. The van der Waals surface area contributed by atoms with Crippen molar-refractivity contribution in [3.63, 3.8) is 0 Å². The Kier molecular flexibility index (Phi) is 6.78. The van der Waals surface area contributed by atoms with Crippen LogP contribution in [0.25, 0.3) is 0 Å². The molecule has 6 heteroatoms. The van der Waals surface area contributed by atoms with Crippen LogP contribution in [0.5, 0.6) is 0 Å². The van der Waals surface area contributed by atoms with Crippen LogP contribution in [-0.2, 0) is 17.6 Å². The Morgan fingerprint density at radius 1 is 1.42 bits per heavy atom. The molecule has 1 amide bonds. The minimum atomic E-state index is -0.282. The topological polar surface area (TPSA) is 68.0 Å². The lowest BCUT2D eigenvalue weighted by molar-refractivity contribution is -0.116. The Morgan fingerprint density at radius 2 is 2.17 bits per heavy atom. The number of carbonyl (C=O) groups is 1. The van der Waals surface area contributed by atoms with Gasteiger partial charge in [-0.3, -0.25) is 4.79 Å². The highest BCUT2D eigenvalue weighted by atomic mass is 35.5. The lowest BCUT2D eigenvalue weighted by Gasteiger charge is -2.18. The number of nitrogens with one attached hydrogen (secondary N) is 1. The third-order valence-corrected chi connectivity index (χ3v) is 5.53. The highest BCUT2D eigenvalue weighted by Gasteiger charge is 2.22. The van der Waals surface area contributed by atoms with Crippen molar-refractivity contribution in [3.05, 3.63) is 46.5 Å². The number of nitrogens with zero attached hydrogens (tertiary/aromatic N) is 1. The molecular weight excluding hydrogens is 342 g/mol. The molecule has 0 spiro atoms. The summed E-state index contributed by atoms with van der Waals surface area (Å²) in [6.07, 6.45) is 4.82. The van der Waals surface area contributed by atoms with E-state index in [1.165, 1.54) is 23.4 Å². The van der Waals surface area contributed by atoms with Gasteiger partial charge in [-0.1, -0.05) is 43.7 Å². The molecule has 2 aromatic rings. The van der Waals surface area contributed by atoms with Gasteiger partial charge in [-0.05, 0) is 30.7 Å². The third kappa shape index (κ3) is 4.56. The van der Waals surface area contributed by atoms with E-state index in [2.05, 4.69) is 17.2 Å². The molecule has 1 aromatic heterocycles. The van der Waals surface area contributed by atoms with E-state index in [0.29, 0.717) is 0 Å². The smallest absolute Gasteiger partial charge is 0.228 e. The molecule has 2 atom stereocenters. The van der Waals surface area contributed by atoms with Crippen LogP contribution in [0.2, 0.25) is 0 Å². The highest BCUT2D eigenvalue weighted by Crippen LogP contribution is 2.33. The first-order valence-corrected chi connectivity index (χ1v) is 9.06. The monoisotopic (exact) mass is 365 g/mol. The van der Waals surface area contributed by atoms with E-state index in [1.54, 1.807) is 11.3 Å². The zero-order valence-corrected chi connectivity index (χ0v) is 15.5. The van der Waals surface area contributed by atoms with Crippen LogP contribution in [0.3, 0.4) is 0 Å². The minimum absolute atomic E-state index is 0. The van der Waals surface area contributed by atoms with Crippen LogP contribution in [0.15, 0.2) is 30.3 Å². The Labute approximate surface area is 153 Å². The van der Waals surface area contributed by atoms with Crippen LogP contribution in [0, 0.1) is 5.92 Å². The second kappa shape index (κ2) is 8.60. The quantitative estimate of drug-likeness (QED) is 0.837. The molecule has 0 fully saturated rings. The SMILES string of the molecule is CCC1CCc2nc(NC(=O)CC(N)c3ccccc3)sc2C1.Cl. The minimum Gasteiger partial charge on any atom is -0.324 e. The van der Waals surface area contributed by atoms with Crippen LogP contribution in [0.4, 0.5) is 5.13 Å². The molecular formula is C18H24ClN3OS. The van der Waals surface area contributed by atoms with Gasteiger partial charge >= 0.3 is 0 Å². The van der Waals surface area contributed by atoms with Gasteiger partial charge in [-0.25, -0.2) is 4.98 Å². The van der Waals surface area contributed by atoms with E-state index in [1.807, 2.05) is 30.3 Å². The van der Waals surface area contributed by atoms with E-state index in [-0.39, 0.29) is 30.8 Å². The number of carbonyl (C=O) groups excluding carboxylic acids is 1. The normalized spacial score (nSPS) is 17.5. The number of rotatable bonds is 5. The standard InChI is InChI=1S/C18H23N3OS.ClH/c1-2-12-8-9-15-16(10-12)23-18(20-15)21-17(22)11-14(19)13-6-4-3-5-7-13;/h3-7,12,14H,2,8-11,19H2,1H3,(H,20,21,22);1H. The fourth-order valence-electron chi connectivity index (χ4n) is 3.03. The lowest BCUT2D eigenvalue weighted by atomic mass is 9.89. The van der Waals surface area contributed by atoms with Gasteiger partial charge in [0, 0.05) is 17.3 Å². The number of halogens is 1. The van der Waals surface area contributed by atoms with Crippen LogP contribution in [0.1, 0.15) is 48.4 Å². The number of amides is 1. The average molecular weight is 366 g/mol. The largest absolute Gasteiger partial charge is 0.324 e. The van der Waals surface area contributed by atoms with Crippen LogP contribution in [-0.4, -0.2) is 10.9 Å². The second-order valence-electron chi connectivity index (χ2n) is 6.18. The predicted molar refractivity (Wildman–Crippen MR) is 102 cm³/mol. The van der Waals surface area contributed by atoms with Gasteiger partial charge in [0.25, 0.3) is 0 Å². The molecule has 130 valence electrons. The zero-order valence-electron chi connectivity index (χ0n) is 13.8. The van der Waals surface area contributed by atoms with Gasteiger partial charge in [0.1, 0.15) is 0 Å². The number of aryl methyl sites for hydroxylation is 1. The van der Waals surface area contributed by atoms with Crippen molar-refractivity contribution in [2.75, 3.05) is 5.32 Å². The summed E-state index contributed by atoms with van der Waals surface area (Å²) in [4.78, 5) is 18.1. The number of aromatic nitrogens is 1. The van der Waals surface area contributed by atoms with Gasteiger partial charge < -0.3 is 11.1 Å². The van der Waals surface area contributed by atoms with E-state index in [4.69, 9.17) is 5.73 Å². The summed E-state index contributed by atoms with van der Waals surface area (Å²) in [6.45, 7) is 2.24. The maximum atomic E-state index is 12.2. The lowest BCUT2D eigenvalue weighted by Crippen LogP contribution is -2.20. The van der Waals surface area contributed by atoms with Crippen molar-refractivity contribution >= 4 is 34.8 Å². The van der Waals surface area contributed by atoms with Crippen LogP contribution < -0.4 is 11.1 Å². The Hall–Kier alpha value is -1.43. The molecule has 3 rings (SSSR count). The van der Waals surface area contributed by atoms with Crippen molar-refractivity contribution in [2.45, 2.75) is 45.1 Å². The van der Waals surface area contributed by atoms with Crippen LogP contribution >= 0.6 is 23.7 Å². The van der Waals surface area contributed by atoms with E-state index in [9.17, 15) is 4.79 Å². The number of hydrogen-bond donors (Lipinski definition) is 2. The molecule has 0 aliphatic heterocycles. The summed E-state index contributed by atoms with van der Waals surface area (Å²) < 4.78 is 0. The molecule has 4 nitrogen and oxygen atoms in total. The van der Waals surface area contributed by atoms with E-state index in [0.717, 1.165) is 29.5 Å². The number of benzene rings is 1. The fraction of sp³-hybridized carbons (Fsp3) is 0.444. The molecule has 24 heavy (non-hydrogen) atoms. The van der Waals surface area contributed by atoms with Gasteiger partial charge in [0.05, 0.1) is 5.69 Å². The first-order chi connectivity index (χ1) is 11.2. The van der Waals surface area contributed by atoms with Crippen molar-refractivity contribution in [2.24, 2.45) is 11.7 Å². The molecule has 1 aliphatic rings. The Balaban J connectivity index is 0.00000208. The number of hydrogen-bond acceptors (Lipinski definition) is 4. The zero-order chi connectivity index (χ0) is 16.2. The van der Waals surface area contributed by atoms with Crippen molar-refractivity contribution in [1.29, 1.82) is 0 Å². The summed E-state index contributed by atoms with van der Waals surface area (Å²) in [5, 5.41) is 3.64. The first-order valence-electron chi connectivity index (χ1n) is 8.24. The average Bonchev–Trinajstić information content (AvgIpc) is 2.96. The number of thiazole rings is 1. The third-order valence-electron chi connectivity index (χ3n) is 4.50. The number of anilines is 1. The van der Waals surface area contributed by atoms with Gasteiger partial charge in [-0.15, -0.1) is 23.7 Å². The summed E-state index contributed by atoms with van der Waals surface area (Å²) in [7, 11) is 0. The second-order valence-corrected chi connectivity index (χ2v) is 7.26. The maximum absolute atomic E-state index is 12.2. The maximum Gasteiger partial charge on any atom is 0.228 e. The summed E-state index contributed by atoms with van der Waals surface area (Å²) in [5.74, 6) is 0.692. The van der Waals surface area contributed by atoms with E-state index < -0.39 is 0 Å². The predicted octanol–water partition coefficient (Wildman–Crippen LogP) is 4.11. The number of fused-ring (bicyclic) bond motifs is 1. The first kappa shape index (κ1) is 18.9. The molecule has 2 unspecified atom stereocenters. The molecule has 0 bridgehead atoms. The molecule has 0 saturated carbocycles. The Bertz CT molecular complexity index is 674. The molecule has 0 radical (unpaired) electrons. The van der Waals surface area contributed by atoms with Crippen molar-refractivity contribution in [1.82, 2.24) is 4.98 Å². The van der Waals surface area contributed by atoms with Crippen molar-refractivity contribution in [3.8, 4) is 0 Å². The number of nitrogens with two attached hydrogens (primary N) is 1. The summed E-state index contributed by atoms with van der Waals surface area (Å²) in [6, 6.07) is 9.43. The van der Waals surface area contributed by atoms with Gasteiger partial charge in [0.15, 0.2) is 5.13 Å². The highest BCUT2D eigenvalue weighted by molar-refractivity contribution is 7.15. The fourth-order valence-corrected chi connectivity index (χ4v) is 4.17. The van der Waals surface area contributed by atoms with E-state index >= 15 is 0 Å². The molecule has 0 saturated heterocycles. The van der Waals surface area contributed by atoms with Crippen molar-refractivity contribution < 1.29 is 4.79 Å². The van der Waals surface area contributed by atoms with Gasteiger partial charge in [0.2, 0.25) is 5.91 Å².